The van der Waals surface area contributed by atoms with Crippen molar-refractivity contribution in [3.63, 3.8) is 0 Å². The summed E-state index contributed by atoms with van der Waals surface area (Å²) in [7, 11) is 0. The Balaban J connectivity index is 2.88. The fourth-order valence-electron chi connectivity index (χ4n) is 2.58. The van der Waals surface area contributed by atoms with Gasteiger partial charge in [0.05, 0.1) is 12.1 Å². The standard InChI is InChI=1S/C19H29BrClNO3/c1-5-6-10-19(13-23,22-17(24)25-18(2,3)4)11-9-14-7-8-15(20)12-16(14)21/h7-8,12,23H,5-6,9-11,13H2,1-4H3,(H,22,24). The van der Waals surface area contributed by atoms with Gasteiger partial charge in [0.25, 0.3) is 0 Å². The Morgan fingerprint density at radius 1 is 1.32 bits per heavy atom. The van der Waals surface area contributed by atoms with Gasteiger partial charge in [-0.05, 0) is 57.7 Å². The van der Waals surface area contributed by atoms with Crippen molar-refractivity contribution in [2.75, 3.05) is 6.61 Å². The van der Waals surface area contributed by atoms with Crippen molar-refractivity contribution in [1.82, 2.24) is 5.32 Å². The van der Waals surface area contributed by atoms with Gasteiger partial charge in [-0.2, -0.15) is 0 Å². The van der Waals surface area contributed by atoms with Crippen molar-refractivity contribution in [1.29, 1.82) is 0 Å². The van der Waals surface area contributed by atoms with Gasteiger partial charge < -0.3 is 15.2 Å². The number of benzene rings is 1. The fraction of sp³-hybridized carbons (Fsp3) is 0.632. The highest BCUT2D eigenvalue weighted by molar-refractivity contribution is 9.10. The third-order valence-electron chi connectivity index (χ3n) is 3.97. The number of carbonyl (C=O) groups excluding carboxylic acids is 1. The van der Waals surface area contributed by atoms with Gasteiger partial charge in [0.2, 0.25) is 0 Å². The largest absolute Gasteiger partial charge is 0.444 e. The quantitative estimate of drug-likeness (QED) is 0.569. The average molecular weight is 435 g/mol. The molecule has 0 spiro atoms. The highest BCUT2D eigenvalue weighted by atomic mass is 79.9. The van der Waals surface area contributed by atoms with Crippen LogP contribution < -0.4 is 5.32 Å². The lowest BCUT2D eigenvalue weighted by Gasteiger charge is -2.34. The Hall–Kier alpha value is -0.780. The van der Waals surface area contributed by atoms with Crippen LogP contribution in [0.4, 0.5) is 4.79 Å². The first-order valence-electron chi connectivity index (χ1n) is 8.67. The number of hydrogen-bond acceptors (Lipinski definition) is 3. The van der Waals surface area contributed by atoms with E-state index in [0.29, 0.717) is 24.3 Å². The molecule has 4 nitrogen and oxygen atoms in total. The van der Waals surface area contributed by atoms with E-state index in [-0.39, 0.29) is 6.61 Å². The lowest BCUT2D eigenvalue weighted by molar-refractivity contribution is 0.0371. The maximum Gasteiger partial charge on any atom is 0.408 e. The first-order chi connectivity index (χ1) is 11.6. The number of carbonyl (C=O) groups is 1. The Labute approximate surface area is 164 Å². The van der Waals surface area contributed by atoms with Crippen molar-refractivity contribution >= 4 is 33.6 Å². The molecule has 0 aliphatic rings. The summed E-state index contributed by atoms with van der Waals surface area (Å²) in [6, 6.07) is 5.75. The molecule has 2 N–H and O–H groups in total. The van der Waals surface area contributed by atoms with Gasteiger partial charge in [0.1, 0.15) is 5.60 Å². The lowest BCUT2D eigenvalue weighted by Crippen LogP contribution is -2.53. The van der Waals surface area contributed by atoms with Crippen LogP contribution in [0.15, 0.2) is 22.7 Å². The Kier molecular flexibility index (Phi) is 8.72. The Morgan fingerprint density at radius 3 is 2.52 bits per heavy atom. The van der Waals surface area contributed by atoms with Crippen LogP contribution in [0.5, 0.6) is 0 Å². The third kappa shape index (κ3) is 7.97. The van der Waals surface area contributed by atoms with E-state index in [4.69, 9.17) is 16.3 Å². The van der Waals surface area contributed by atoms with E-state index in [9.17, 15) is 9.90 Å². The van der Waals surface area contributed by atoms with Crippen LogP contribution in [0.2, 0.25) is 5.02 Å². The number of unbranched alkanes of at least 4 members (excludes halogenated alkanes) is 1. The van der Waals surface area contributed by atoms with Gasteiger partial charge in [0.15, 0.2) is 0 Å². The van der Waals surface area contributed by atoms with Crippen molar-refractivity contribution in [2.45, 2.75) is 70.9 Å². The average Bonchev–Trinajstić information content (AvgIpc) is 2.49. The van der Waals surface area contributed by atoms with E-state index in [1.165, 1.54) is 0 Å². The summed E-state index contributed by atoms with van der Waals surface area (Å²) in [6.07, 6.45) is 3.32. The molecule has 25 heavy (non-hydrogen) atoms. The number of rotatable bonds is 8. The molecule has 1 rings (SSSR count). The van der Waals surface area contributed by atoms with Gasteiger partial charge in [0, 0.05) is 9.50 Å². The summed E-state index contributed by atoms with van der Waals surface area (Å²) < 4.78 is 6.30. The zero-order chi connectivity index (χ0) is 19.1. The zero-order valence-electron chi connectivity index (χ0n) is 15.5. The van der Waals surface area contributed by atoms with Gasteiger partial charge in [-0.3, -0.25) is 0 Å². The minimum atomic E-state index is -0.714. The van der Waals surface area contributed by atoms with Crippen LogP contribution in [-0.2, 0) is 11.2 Å². The van der Waals surface area contributed by atoms with E-state index in [0.717, 1.165) is 22.9 Å². The first-order valence-corrected chi connectivity index (χ1v) is 9.84. The molecule has 0 fully saturated rings. The predicted octanol–water partition coefficient (Wildman–Crippen LogP) is 5.48. The molecule has 0 saturated heterocycles. The highest BCUT2D eigenvalue weighted by Gasteiger charge is 2.32. The third-order valence-corrected chi connectivity index (χ3v) is 4.81. The molecule has 0 aromatic heterocycles. The van der Waals surface area contributed by atoms with Crippen LogP contribution in [-0.4, -0.2) is 28.9 Å². The van der Waals surface area contributed by atoms with E-state index in [1.54, 1.807) is 0 Å². The second kappa shape index (κ2) is 9.79. The Morgan fingerprint density at radius 2 is 2.00 bits per heavy atom. The molecular weight excluding hydrogens is 406 g/mol. The molecular formula is C19H29BrClNO3. The lowest BCUT2D eigenvalue weighted by atomic mass is 9.87. The number of aliphatic hydroxyl groups excluding tert-OH is 1. The highest BCUT2D eigenvalue weighted by Crippen LogP contribution is 2.27. The summed E-state index contributed by atoms with van der Waals surface area (Å²) in [4.78, 5) is 12.2. The van der Waals surface area contributed by atoms with Crippen LogP contribution >= 0.6 is 27.5 Å². The van der Waals surface area contributed by atoms with Crippen LogP contribution in [0.3, 0.4) is 0 Å². The number of halogens is 2. The molecule has 1 atom stereocenters. The number of hydrogen-bond donors (Lipinski definition) is 2. The molecule has 1 aromatic rings. The summed E-state index contributed by atoms with van der Waals surface area (Å²) in [5.41, 5.74) is -0.301. The molecule has 0 aliphatic heterocycles. The number of amides is 1. The van der Waals surface area contributed by atoms with E-state index in [1.807, 2.05) is 39.0 Å². The summed E-state index contributed by atoms with van der Waals surface area (Å²) in [5, 5.41) is 13.6. The molecule has 1 unspecified atom stereocenters. The molecule has 0 saturated carbocycles. The fourth-order valence-corrected chi connectivity index (χ4v) is 3.35. The minimum Gasteiger partial charge on any atom is -0.444 e. The maximum atomic E-state index is 12.2. The Bertz CT molecular complexity index is 574. The number of nitrogens with one attached hydrogen (secondary N) is 1. The summed E-state index contributed by atoms with van der Waals surface area (Å²) in [5.74, 6) is 0. The number of aryl methyl sites for hydroxylation is 1. The van der Waals surface area contributed by atoms with Crippen LogP contribution in [0.1, 0.15) is 58.9 Å². The van der Waals surface area contributed by atoms with E-state index >= 15 is 0 Å². The van der Waals surface area contributed by atoms with Crippen molar-refractivity contribution in [3.05, 3.63) is 33.3 Å². The van der Waals surface area contributed by atoms with Gasteiger partial charge in [-0.25, -0.2) is 4.79 Å². The topological polar surface area (TPSA) is 58.6 Å². The van der Waals surface area contributed by atoms with Gasteiger partial charge in [-0.1, -0.05) is 53.4 Å². The summed E-state index contributed by atoms with van der Waals surface area (Å²) >= 11 is 9.69. The molecule has 1 aromatic carbocycles. The maximum absolute atomic E-state index is 12.2. The molecule has 0 radical (unpaired) electrons. The van der Waals surface area contributed by atoms with Crippen LogP contribution in [0, 0.1) is 0 Å². The van der Waals surface area contributed by atoms with Crippen molar-refractivity contribution in [2.24, 2.45) is 0 Å². The van der Waals surface area contributed by atoms with Gasteiger partial charge in [-0.15, -0.1) is 0 Å². The zero-order valence-corrected chi connectivity index (χ0v) is 17.8. The summed E-state index contributed by atoms with van der Waals surface area (Å²) in [6.45, 7) is 7.41. The first kappa shape index (κ1) is 22.3. The molecule has 0 heterocycles. The van der Waals surface area contributed by atoms with Crippen molar-refractivity contribution < 1.29 is 14.6 Å². The molecule has 1 amide bonds. The number of alkyl carbamates (subject to hydrolysis) is 1. The number of aliphatic hydroxyl groups is 1. The molecule has 142 valence electrons. The molecule has 0 bridgehead atoms. The second-order valence-electron chi connectivity index (χ2n) is 7.40. The monoisotopic (exact) mass is 433 g/mol. The SMILES string of the molecule is CCCCC(CO)(CCc1ccc(Br)cc1Cl)NC(=O)OC(C)(C)C. The van der Waals surface area contributed by atoms with Crippen LogP contribution in [0.25, 0.3) is 0 Å². The van der Waals surface area contributed by atoms with E-state index in [2.05, 4.69) is 28.2 Å². The predicted molar refractivity (Wildman–Crippen MR) is 106 cm³/mol. The number of ether oxygens (including phenoxy) is 1. The second-order valence-corrected chi connectivity index (χ2v) is 8.73. The normalized spacial score (nSPS) is 14.0. The smallest absolute Gasteiger partial charge is 0.408 e. The van der Waals surface area contributed by atoms with Gasteiger partial charge >= 0.3 is 6.09 Å². The molecule has 0 aliphatic carbocycles. The molecule has 6 heteroatoms. The van der Waals surface area contributed by atoms with Crippen molar-refractivity contribution in [3.8, 4) is 0 Å². The minimum absolute atomic E-state index is 0.139. The van der Waals surface area contributed by atoms with E-state index < -0.39 is 17.2 Å².